The van der Waals surface area contributed by atoms with E-state index in [0.29, 0.717) is 10.6 Å². The van der Waals surface area contributed by atoms with Gasteiger partial charge in [0, 0.05) is 10.6 Å². The minimum absolute atomic E-state index is 0.351. The van der Waals surface area contributed by atoms with Gasteiger partial charge in [-0.3, -0.25) is 0 Å². The molecule has 1 nitrogen and oxygen atoms in total. The van der Waals surface area contributed by atoms with Crippen LogP contribution >= 0.6 is 11.6 Å². The summed E-state index contributed by atoms with van der Waals surface area (Å²) in [4.78, 5) is 0. The van der Waals surface area contributed by atoms with Crippen LogP contribution in [0.2, 0.25) is 5.02 Å². The Morgan fingerprint density at radius 1 is 1.50 bits per heavy atom. The molecule has 0 amide bonds. The smallest absolute Gasteiger partial charge is 0.132 e. The van der Waals surface area contributed by atoms with Gasteiger partial charge in [0.1, 0.15) is 5.82 Å². The Kier molecular flexibility index (Phi) is 3.11. The van der Waals surface area contributed by atoms with E-state index in [1.165, 1.54) is 25.5 Å². The number of rotatable bonds is 2. The summed E-state index contributed by atoms with van der Waals surface area (Å²) in [6.45, 7) is 0. The van der Waals surface area contributed by atoms with E-state index in [4.69, 9.17) is 11.6 Å². The highest BCUT2D eigenvalue weighted by atomic mass is 35.5. The molecule has 1 rings (SSSR count). The lowest BCUT2D eigenvalue weighted by Crippen LogP contribution is -1.80. The number of hydrogen-bond donors (Lipinski definition) is 0. The SMILES string of the molecule is COC=Cc1ccc(Cl)cc1F. The third kappa shape index (κ3) is 2.24. The molecule has 0 aromatic heterocycles. The van der Waals surface area contributed by atoms with Crippen molar-refractivity contribution in [1.82, 2.24) is 0 Å². The molecule has 0 bridgehead atoms. The number of halogens is 2. The standard InChI is InChI=1S/C9H8ClFO/c1-12-5-4-7-2-3-8(10)6-9(7)11/h2-6H,1H3. The molecule has 12 heavy (non-hydrogen) atoms. The maximum atomic E-state index is 13.0. The van der Waals surface area contributed by atoms with Crippen LogP contribution in [0.5, 0.6) is 0 Å². The van der Waals surface area contributed by atoms with Crippen molar-refractivity contribution in [3.63, 3.8) is 0 Å². The summed E-state index contributed by atoms with van der Waals surface area (Å²) in [7, 11) is 1.50. The zero-order valence-electron chi connectivity index (χ0n) is 6.55. The first-order valence-corrected chi connectivity index (χ1v) is 3.76. The Labute approximate surface area is 75.4 Å². The number of benzene rings is 1. The van der Waals surface area contributed by atoms with Crippen LogP contribution in [-0.4, -0.2) is 7.11 Å². The van der Waals surface area contributed by atoms with Crippen LogP contribution in [-0.2, 0) is 4.74 Å². The first kappa shape index (κ1) is 9.07. The zero-order valence-corrected chi connectivity index (χ0v) is 7.31. The molecule has 0 N–H and O–H groups in total. The quantitative estimate of drug-likeness (QED) is 0.645. The third-order valence-electron chi connectivity index (χ3n) is 1.35. The van der Waals surface area contributed by atoms with Crippen molar-refractivity contribution in [1.29, 1.82) is 0 Å². The molecule has 0 saturated heterocycles. The lowest BCUT2D eigenvalue weighted by molar-refractivity contribution is 0.341. The summed E-state index contributed by atoms with van der Waals surface area (Å²) in [5.41, 5.74) is 0.459. The predicted molar refractivity (Wildman–Crippen MR) is 47.5 cm³/mol. The summed E-state index contributed by atoms with van der Waals surface area (Å²) < 4.78 is 17.6. The molecule has 1 aromatic carbocycles. The van der Waals surface area contributed by atoms with Crippen molar-refractivity contribution in [2.45, 2.75) is 0 Å². The molecule has 0 aliphatic rings. The first-order chi connectivity index (χ1) is 5.74. The Balaban J connectivity index is 2.94. The van der Waals surface area contributed by atoms with Crippen molar-refractivity contribution in [2.75, 3.05) is 7.11 Å². The second-order valence-electron chi connectivity index (χ2n) is 2.20. The highest BCUT2D eigenvalue weighted by molar-refractivity contribution is 6.30. The fourth-order valence-corrected chi connectivity index (χ4v) is 0.937. The van der Waals surface area contributed by atoms with Crippen LogP contribution in [0.1, 0.15) is 5.56 Å². The molecule has 1 aromatic rings. The van der Waals surface area contributed by atoms with E-state index < -0.39 is 0 Å². The van der Waals surface area contributed by atoms with Gasteiger partial charge in [-0.2, -0.15) is 0 Å². The maximum absolute atomic E-state index is 13.0. The molecule has 0 fully saturated rings. The van der Waals surface area contributed by atoms with Gasteiger partial charge in [0.2, 0.25) is 0 Å². The van der Waals surface area contributed by atoms with Crippen molar-refractivity contribution in [3.05, 3.63) is 40.9 Å². The van der Waals surface area contributed by atoms with Crippen molar-refractivity contribution in [3.8, 4) is 0 Å². The zero-order chi connectivity index (χ0) is 8.97. The van der Waals surface area contributed by atoms with Gasteiger partial charge in [0.05, 0.1) is 13.4 Å². The third-order valence-corrected chi connectivity index (χ3v) is 1.58. The molecule has 64 valence electrons. The summed E-state index contributed by atoms with van der Waals surface area (Å²) in [6.07, 6.45) is 2.94. The van der Waals surface area contributed by atoms with Gasteiger partial charge in [-0.05, 0) is 18.2 Å². The molecule has 0 heterocycles. The van der Waals surface area contributed by atoms with E-state index in [-0.39, 0.29) is 5.82 Å². The highest BCUT2D eigenvalue weighted by Crippen LogP contribution is 2.15. The van der Waals surface area contributed by atoms with Crippen LogP contribution in [0.3, 0.4) is 0 Å². The predicted octanol–water partition coefficient (Wildman–Crippen LogP) is 3.10. The molecule has 3 heteroatoms. The topological polar surface area (TPSA) is 9.23 Å². The molecule has 0 saturated carbocycles. The van der Waals surface area contributed by atoms with E-state index in [1.54, 1.807) is 12.1 Å². The van der Waals surface area contributed by atoms with Gasteiger partial charge in [0.15, 0.2) is 0 Å². The van der Waals surface area contributed by atoms with E-state index in [0.717, 1.165) is 0 Å². The van der Waals surface area contributed by atoms with E-state index in [2.05, 4.69) is 4.74 Å². The van der Waals surface area contributed by atoms with E-state index in [1.807, 2.05) is 0 Å². The van der Waals surface area contributed by atoms with Gasteiger partial charge in [0.25, 0.3) is 0 Å². The largest absolute Gasteiger partial charge is 0.504 e. The minimum atomic E-state index is -0.351. The van der Waals surface area contributed by atoms with Gasteiger partial charge in [-0.25, -0.2) is 4.39 Å². The Bertz CT molecular complexity index is 297. The lowest BCUT2D eigenvalue weighted by Gasteiger charge is -1.96. The van der Waals surface area contributed by atoms with E-state index in [9.17, 15) is 4.39 Å². The molecular formula is C9H8ClFO. The molecule has 0 aliphatic heterocycles. The summed E-state index contributed by atoms with van der Waals surface area (Å²) in [5.74, 6) is -0.351. The molecule has 0 unspecified atom stereocenters. The maximum Gasteiger partial charge on any atom is 0.132 e. The van der Waals surface area contributed by atoms with Crippen LogP contribution in [0.4, 0.5) is 4.39 Å². The molecule has 0 radical (unpaired) electrons. The van der Waals surface area contributed by atoms with Crippen LogP contribution in [0.25, 0.3) is 6.08 Å². The fourth-order valence-electron chi connectivity index (χ4n) is 0.778. The second-order valence-corrected chi connectivity index (χ2v) is 2.64. The van der Waals surface area contributed by atoms with Gasteiger partial charge < -0.3 is 4.74 Å². The Morgan fingerprint density at radius 3 is 2.83 bits per heavy atom. The number of methoxy groups -OCH3 is 1. The number of hydrogen-bond acceptors (Lipinski definition) is 1. The first-order valence-electron chi connectivity index (χ1n) is 3.38. The van der Waals surface area contributed by atoms with Crippen LogP contribution in [0, 0.1) is 5.82 Å². The Hall–Kier alpha value is -1.02. The van der Waals surface area contributed by atoms with E-state index >= 15 is 0 Å². The second kappa shape index (κ2) is 4.12. The molecule has 0 atom stereocenters. The number of ether oxygens (including phenoxy) is 1. The van der Waals surface area contributed by atoms with Gasteiger partial charge in [-0.1, -0.05) is 17.7 Å². The minimum Gasteiger partial charge on any atom is -0.504 e. The van der Waals surface area contributed by atoms with Gasteiger partial charge in [-0.15, -0.1) is 0 Å². The molecule has 0 aliphatic carbocycles. The fraction of sp³-hybridized carbons (Fsp3) is 0.111. The average molecular weight is 187 g/mol. The van der Waals surface area contributed by atoms with Crippen molar-refractivity contribution in [2.24, 2.45) is 0 Å². The van der Waals surface area contributed by atoms with Gasteiger partial charge >= 0.3 is 0 Å². The lowest BCUT2D eigenvalue weighted by atomic mass is 10.2. The van der Waals surface area contributed by atoms with Crippen LogP contribution in [0.15, 0.2) is 24.5 Å². The normalized spacial score (nSPS) is 10.6. The summed E-state index contributed by atoms with van der Waals surface area (Å²) in [6, 6.07) is 4.48. The monoisotopic (exact) mass is 186 g/mol. The summed E-state index contributed by atoms with van der Waals surface area (Å²) >= 11 is 5.56. The van der Waals surface area contributed by atoms with Crippen molar-refractivity contribution >= 4 is 17.7 Å². The summed E-state index contributed by atoms with van der Waals surface area (Å²) in [5, 5.41) is 0.391. The van der Waals surface area contributed by atoms with Crippen LogP contribution < -0.4 is 0 Å². The average Bonchev–Trinajstić information content (AvgIpc) is 2.03. The Morgan fingerprint density at radius 2 is 2.25 bits per heavy atom. The van der Waals surface area contributed by atoms with Crippen molar-refractivity contribution < 1.29 is 9.13 Å². The molecule has 0 spiro atoms. The highest BCUT2D eigenvalue weighted by Gasteiger charge is 1.98. The molecular weight excluding hydrogens is 179 g/mol.